The lowest BCUT2D eigenvalue weighted by Gasteiger charge is -2.39. The molecule has 0 aromatic heterocycles. The number of hydrogen-bond donors (Lipinski definition) is 0. The van der Waals surface area contributed by atoms with Crippen LogP contribution >= 0.6 is 7.37 Å². The van der Waals surface area contributed by atoms with Gasteiger partial charge in [0.15, 0.2) is 0 Å². The summed E-state index contributed by atoms with van der Waals surface area (Å²) in [4.78, 5) is 0. The number of rotatable bonds is 6. The SMILES string of the molecule is COc1ccc([P@@](=O)(O[C@@H]2C[C@H](C)CC[C@H]2C(C)C)c2ccccc2)cc1. The zero-order valence-electron chi connectivity index (χ0n) is 16.8. The molecule has 0 unspecified atom stereocenters. The van der Waals surface area contributed by atoms with Gasteiger partial charge in [-0.15, -0.1) is 0 Å². The molecule has 27 heavy (non-hydrogen) atoms. The minimum absolute atomic E-state index is 0.0156. The average molecular weight is 386 g/mol. The first-order valence-corrected chi connectivity index (χ1v) is 11.5. The lowest BCUT2D eigenvalue weighted by atomic mass is 9.75. The van der Waals surface area contributed by atoms with E-state index in [1.54, 1.807) is 7.11 Å². The van der Waals surface area contributed by atoms with Crippen molar-refractivity contribution in [3.8, 4) is 5.75 Å². The second-order valence-corrected chi connectivity index (χ2v) is 10.4. The molecule has 2 aromatic carbocycles. The summed E-state index contributed by atoms with van der Waals surface area (Å²) in [6, 6.07) is 17.1. The molecule has 0 amide bonds. The molecule has 1 saturated carbocycles. The van der Waals surface area contributed by atoms with Crippen LogP contribution in [0.2, 0.25) is 0 Å². The van der Waals surface area contributed by atoms with E-state index in [4.69, 9.17) is 9.26 Å². The van der Waals surface area contributed by atoms with E-state index in [-0.39, 0.29) is 6.10 Å². The summed E-state index contributed by atoms with van der Waals surface area (Å²) in [6.07, 6.45) is 3.35. The molecular weight excluding hydrogens is 355 g/mol. The molecule has 3 rings (SSSR count). The van der Waals surface area contributed by atoms with Gasteiger partial charge in [-0.05, 0) is 67.0 Å². The van der Waals surface area contributed by atoms with Crippen molar-refractivity contribution in [3.63, 3.8) is 0 Å². The third-order valence-electron chi connectivity index (χ3n) is 5.75. The van der Waals surface area contributed by atoms with E-state index in [1.165, 1.54) is 6.42 Å². The topological polar surface area (TPSA) is 35.5 Å². The van der Waals surface area contributed by atoms with E-state index < -0.39 is 7.37 Å². The molecule has 0 spiro atoms. The highest BCUT2D eigenvalue weighted by Crippen LogP contribution is 2.50. The van der Waals surface area contributed by atoms with Crippen molar-refractivity contribution in [1.29, 1.82) is 0 Å². The van der Waals surface area contributed by atoms with E-state index in [0.717, 1.165) is 29.2 Å². The lowest BCUT2D eigenvalue weighted by molar-refractivity contribution is 0.0514. The summed E-state index contributed by atoms with van der Waals surface area (Å²) in [5, 5.41) is 1.49. The van der Waals surface area contributed by atoms with Crippen molar-refractivity contribution in [2.24, 2.45) is 17.8 Å². The molecule has 146 valence electrons. The summed E-state index contributed by atoms with van der Waals surface area (Å²) in [6.45, 7) is 6.77. The van der Waals surface area contributed by atoms with Crippen molar-refractivity contribution in [1.82, 2.24) is 0 Å². The average Bonchev–Trinajstić information content (AvgIpc) is 2.68. The molecule has 0 N–H and O–H groups in total. The summed E-state index contributed by atoms with van der Waals surface area (Å²) < 4.78 is 26.1. The first-order chi connectivity index (χ1) is 12.9. The van der Waals surface area contributed by atoms with Crippen LogP contribution < -0.4 is 15.3 Å². The smallest absolute Gasteiger partial charge is 0.261 e. The van der Waals surface area contributed by atoms with E-state index in [9.17, 15) is 4.57 Å². The molecule has 3 nitrogen and oxygen atoms in total. The maximum atomic E-state index is 14.3. The van der Waals surface area contributed by atoms with Gasteiger partial charge in [0.25, 0.3) is 7.37 Å². The normalized spacial score (nSPS) is 25.1. The van der Waals surface area contributed by atoms with E-state index in [2.05, 4.69) is 20.8 Å². The zero-order valence-corrected chi connectivity index (χ0v) is 17.7. The predicted molar refractivity (Wildman–Crippen MR) is 113 cm³/mol. The second-order valence-electron chi connectivity index (χ2n) is 8.06. The van der Waals surface area contributed by atoms with Crippen molar-refractivity contribution in [2.45, 2.75) is 46.1 Å². The Balaban J connectivity index is 2.00. The maximum Gasteiger partial charge on any atom is 0.261 e. The molecule has 1 aliphatic carbocycles. The minimum Gasteiger partial charge on any atom is -0.497 e. The van der Waals surface area contributed by atoms with E-state index >= 15 is 0 Å². The lowest BCUT2D eigenvalue weighted by Crippen LogP contribution is -2.35. The Kier molecular flexibility index (Phi) is 6.44. The molecule has 1 fully saturated rings. The quantitative estimate of drug-likeness (QED) is 0.624. The number of hydrogen-bond acceptors (Lipinski definition) is 3. The highest BCUT2D eigenvalue weighted by molar-refractivity contribution is 7.74. The molecule has 1 aliphatic rings. The number of methoxy groups -OCH3 is 1. The van der Waals surface area contributed by atoms with Gasteiger partial charge < -0.3 is 9.26 Å². The van der Waals surface area contributed by atoms with E-state index in [0.29, 0.717) is 17.8 Å². The first-order valence-electron chi connectivity index (χ1n) is 9.92. The van der Waals surface area contributed by atoms with Gasteiger partial charge in [-0.1, -0.05) is 45.4 Å². The van der Waals surface area contributed by atoms with Crippen LogP contribution in [0.1, 0.15) is 40.0 Å². The fourth-order valence-corrected chi connectivity index (χ4v) is 6.37. The molecule has 4 atom stereocenters. The van der Waals surface area contributed by atoms with Crippen LogP contribution in [-0.2, 0) is 9.09 Å². The van der Waals surface area contributed by atoms with Gasteiger partial charge in [0.2, 0.25) is 0 Å². The van der Waals surface area contributed by atoms with Gasteiger partial charge in [-0.3, -0.25) is 4.57 Å². The van der Waals surface area contributed by atoms with Crippen LogP contribution in [0.3, 0.4) is 0 Å². The molecule has 0 radical (unpaired) electrons. The number of benzene rings is 2. The van der Waals surface area contributed by atoms with Crippen LogP contribution in [-0.4, -0.2) is 13.2 Å². The molecular formula is C23H31O3P. The summed E-state index contributed by atoms with van der Waals surface area (Å²) in [7, 11) is -1.54. The molecule has 4 heteroatoms. The highest BCUT2D eigenvalue weighted by atomic mass is 31.2. The van der Waals surface area contributed by atoms with Gasteiger partial charge in [0.1, 0.15) is 5.75 Å². The predicted octanol–water partition coefficient (Wildman–Crippen LogP) is 5.40. The van der Waals surface area contributed by atoms with Crippen LogP contribution in [0, 0.1) is 17.8 Å². The Morgan fingerprint density at radius 1 is 0.963 bits per heavy atom. The van der Waals surface area contributed by atoms with Crippen LogP contribution in [0.25, 0.3) is 0 Å². The largest absolute Gasteiger partial charge is 0.497 e. The molecule has 0 aliphatic heterocycles. The van der Waals surface area contributed by atoms with Gasteiger partial charge in [-0.2, -0.15) is 0 Å². The molecule has 2 aromatic rings. The zero-order chi connectivity index (χ0) is 19.4. The fraction of sp³-hybridized carbons (Fsp3) is 0.478. The number of ether oxygens (including phenoxy) is 1. The monoisotopic (exact) mass is 386 g/mol. The van der Waals surface area contributed by atoms with Crippen LogP contribution in [0.15, 0.2) is 54.6 Å². The van der Waals surface area contributed by atoms with Gasteiger partial charge in [0.05, 0.1) is 13.2 Å². The summed E-state index contributed by atoms with van der Waals surface area (Å²) in [5.41, 5.74) is 0. The van der Waals surface area contributed by atoms with Gasteiger partial charge in [-0.25, -0.2) is 0 Å². The fourth-order valence-electron chi connectivity index (χ4n) is 4.10. The van der Waals surface area contributed by atoms with Crippen molar-refractivity contribution in [2.75, 3.05) is 7.11 Å². The van der Waals surface area contributed by atoms with E-state index in [1.807, 2.05) is 54.6 Å². The first kappa shape index (κ1) is 20.2. The molecule has 0 bridgehead atoms. The third kappa shape index (κ3) is 4.47. The summed E-state index contributed by atoms with van der Waals surface area (Å²) in [5.74, 6) is 2.31. The van der Waals surface area contributed by atoms with Crippen LogP contribution in [0.4, 0.5) is 0 Å². The molecule has 0 saturated heterocycles. The maximum absolute atomic E-state index is 14.3. The van der Waals surface area contributed by atoms with Gasteiger partial charge in [0, 0.05) is 10.6 Å². The Labute approximate surface area is 163 Å². The van der Waals surface area contributed by atoms with Crippen molar-refractivity contribution in [3.05, 3.63) is 54.6 Å². The summed E-state index contributed by atoms with van der Waals surface area (Å²) >= 11 is 0. The minimum atomic E-state index is -3.18. The van der Waals surface area contributed by atoms with Crippen molar-refractivity contribution >= 4 is 18.0 Å². The second kappa shape index (κ2) is 8.63. The van der Waals surface area contributed by atoms with Crippen molar-refractivity contribution < 1.29 is 13.8 Å². The standard InChI is InChI=1S/C23H31O3P/c1-17(2)22-15-10-18(3)16-23(22)26-27(24,20-8-6-5-7-9-20)21-13-11-19(25-4)12-14-21/h5-9,11-14,17-18,22-23H,10,15-16H2,1-4H3/t18-,22+,23-,27+/m1/s1. The molecule has 0 heterocycles. The Morgan fingerprint density at radius 3 is 2.19 bits per heavy atom. The Hall–Kier alpha value is -1.57. The Bertz CT molecular complexity index is 770. The Morgan fingerprint density at radius 2 is 1.59 bits per heavy atom. The van der Waals surface area contributed by atoms with Gasteiger partial charge >= 0.3 is 0 Å². The third-order valence-corrected chi connectivity index (χ3v) is 8.28. The highest BCUT2D eigenvalue weighted by Gasteiger charge is 2.38. The van der Waals surface area contributed by atoms with Crippen LogP contribution in [0.5, 0.6) is 5.75 Å².